The van der Waals surface area contributed by atoms with E-state index in [1.54, 1.807) is 6.20 Å². The number of likely N-dealkylation sites (tertiary alicyclic amines) is 1. The molecule has 1 unspecified atom stereocenters. The number of likely N-dealkylation sites (N-methyl/N-ethyl adjacent to an activating group) is 1. The Labute approximate surface area is 343 Å². The Morgan fingerprint density at radius 2 is 1.70 bits per heavy atom. The third-order valence-electron chi connectivity index (χ3n) is 11.8. The van der Waals surface area contributed by atoms with E-state index in [9.17, 15) is 24.3 Å². The molecule has 5 aliphatic rings. The molecule has 3 N–H and O–H groups in total. The molecule has 9 rings (SSSR count). The maximum atomic E-state index is 13.0. The number of aliphatic hydroxyl groups excluding tert-OH is 1. The first-order valence-corrected chi connectivity index (χ1v) is 18.9. The molecule has 1 aliphatic carbocycles. The highest BCUT2D eigenvalue weighted by molar-refractivity contribution is 8.93. The number of primary amides is 1. The second kappa shape index (κ2) is 18.5. The molecule has 7 atom stereocenters. The third-order valence-corrected chi connectivity index (χ3v) is 11.8. The number of halogens is 2. The fourth-order valence-electron chi connectivity index (χ4n) is 8.77. The lowest BCUT2D eigenvalue weighted by Crippen LogP contribution is -2.48. The van der Waals surface area contributed by atoms with Gasteiger partial charge < -0.3 is 34.3 Å². The Morgan fingerprint density at radius 3 is 2.30 bits per heavy atom. The SMILES string of the molecule is Br.CN1[C@@H]2C[C@@H](OC(=O)[C@H](CO)c3ccccc3)C[C@H]1[C@@H]1O[C@@H]12.Cc1nccn1CC1CCc2c(c3ccccc3n2C)C1=O.Cl.NC(=O)CN1CCCC1=O. The van der Waals surface area contributed by atoms with Crippen LogP contribution in [-0.2, 0) is 43.9 Å². The molecule has 0 radical (unpaired) electrons. The number of hydrogen-bond donors (Lipinski definition) is 2. The molecule has 13 nitrogen and oxygen atoms in total. The van der Waals surface area contributed by atoms with Crippen LogP contribution >= 0.6 is 29.4 Å². The van der Waals surface area contributed by atoms with Crippen molar-refractivity contribution in [1.82, 2.24) is 23.9 Å². The van der Waals surface area contributed by atoms with Gasteiger partial charge in [-0.25, -0.2) is 4.98 Å². The number of piperidine rings is 1. The molecule has 2 bridgehead atoms. The average Bonchev–Trinajstić information content (AvgIpc) is 3.48. The highest BCUT2D eigenvalue weighted by Crippen LogP contribution is 2.48. The largest absolute Gasteiger partial charge is 0.462 e. The van der Waals surface area contributed by atoms with Crippen LogP contribution in [0.25, 0.3) is 10.9 Å². The summed E-state index contributed by atoms with van der Waals surface area (Å²) in [6, 6.07) is 18.3. The van der Waals surface area contributed by atoms with Gasteiger partial charge in [0.1, 0.15) is 30.1 Å². The zero-order chi connectivity index (χ0) is 38.1. The highest BCUT2D eigenvalue weighted by atomic mass is 79.9. The van der Waals surface area contributed by atoms with Gasteiger partial charge >= 0.3 is 5.97 Å². The summed E-state index contributed by atoms with van der Waals surface area (Å²) < 4.78 is 15.6. The van der Waals surface area contributed by atoms with Crippen molar-refractivity contribution in [3.8, 4) is 0 Å². The van der Waals surface area contributed by atoms with Gasteiger partial charge in [0.15, 0.2) is 5.78 Å². The summed E-state index contributed by atoms with van der Waals surface area (Å²) in [6.07, 6.45) is 9.31. The molecular weight excluding hydrogens is 804 g/mol. The highest BCUT2D eigenvalue weighted by Gasteiger charge is 2.62. The Kier molecular flexibility index (Phi) is 14.2. The van der Waals surface area contributed by atoms with Crippen molar-refractivity contribution >= 4 is 63.9 Å². The van der Waals surface area contributed by atoms with Crippen LogP contribution in [0.1, 0.15) is 65.5 Å². The molecule has 6 heterocycles. The first-order valence-electron chi connectivity index (χ1n) is 18.9. The summed E-state index contributed by atoms with van der Waals surface area (Å²) in [4.78, 5) is 54.7. The number of ether oxygens (including phenoxy) is 2. The Balaban J connectivity index is 0.000000169. The summed E-state index contributed by atoms with van der Waals surface area (Å²) >= 11 is 0. The van der Waals surface area contributed by atoms with Crippen molar-refractivity contribution < 1.29 is 33.8 Å². The van der Waals surface area contributed by atoms with Gasteiger partial charge in [-0.05, 0) is 44.9 Å². The quantitative estimate of drug-likeness (QED) is 0.196. The summed E-state index contributed by atoms with van der Waals surface area (Å²) in [5.41, 5.74) is 8.98. The normalized spacial score (nSPS) is 25.0. The number of imidazole rings is 1. The van der Waals surface area contributed by atoms with Crippen molar-refractivity contribution in [2.45, 2.75) is 88.3 Å². The summed E-state index contributed by atoms with van der Waals surface area (Å²) in [5, 5.41) is 10.7. The minimum absolute atomic E-state index is 0. The average molecular weight is 856 g/mol. The zero-order valence-corrected chi connectivity index (χ0v) is 34.5. The van der Waals surface area contributed by atoms with E-state index >= 15 is 0 Å². The van der Waals surface area contributed by atoms with Crippen molar-refractivity contribution in [3.05, 3.63) is 89.6 Å². The molecule has 4 saturated heterocycles. The smallest absolute Gasteiger partial charge is 0.316 e. The molecule has 0 spiro atoms. The van der Waals surface area contributed by atoms with Gasteiger partial charge in [0.2, 0.25) is 11.8 Å². The minimum atomic E-state index is -0.593. The van der Waals surface area contributed by atoms with E-state index in [1.165, 1.54) is 10.6 Å². The number of nitrogens with zero attached hydrogens (tertiary/aromatic N) is 5. The number of aryl methyl sites for hydroxylation is 2. The number of hydrogen-bond acceptors (Lipinski definition) is 9. The molecule has 302 valence electrons. The number of esters is 1. The van der Waals surface area contributed by atoms with E-state index in [1.807, 2.05) is 55.6 Å². The van der Waals surface area contributed by atoms with E-state index in [-0.39, 0.29) is 72.2 Å². The molecule has 56 heavy (non-hydrogen) atoms. The van der Waals surface area contributed by atoms with Gasteiger partial charge in [-0.15, -0.1) is 29.4 Å². The van der Waals surface area contributed by atoms with Crippen LogP contribution in [0.5, 0.6) is 0 Å². The fraction of sp³-hybridized carbons (Fsp3) is 0.488. The summed E-state index contributed by atoms with van der Waals surface area (Å²) in [6.45, 7) is 3.25. The van der Waals surface area contributed by atoms with E-state index < -0.39 is 11.8 Å². The first-order chi connectivity index (χ1) is 26.0. The van der Waals surface area contributed by atoms with Gasteiger partial charge in [0.05, 0.1) is 13.2 Å². The zero-order valence-electron chi connectivity index (χ0n) is 32.0. The number of benzene rings is 2. The molecule has 2 aromatic carbocycles. The molecule has 4 aliphatic heterocycles. The van der Waals surface area contributed by atoms with Crippen LogP contribution in [0.3, 0.4) is 0 Å². The van der Waals surface area contributed by atoms with E-state index in [2.05, 4.69) is 45.2 Å². The van der Waals surface area contributed by atoms with Crippen LogP contribution in [0.4, 0.5) is 0 Å². The monoisotopic (exact) mass is 854 g/mol. The number of epoxide rings is 1. The number of aromatic nitrogens is 3. The van der Waals surface area contributed by atoms with Gasteiger partial charge in [0, 0.05) is 92.0 Å². The number of carbonyl (C=O) groups is 4. The van der Waals surface area contributed by atoms with E-state index in [0.29, 0.717) is 37.3 Å². The Morgan fingerprint density at radius 1 is 1.02 bits per heavy atom. The van der Waals surface area contributed by atoms with Crippen molar-refractivity contribution in [3.63, 3.8) is 0 Å². The Bertz CT molecular complexity index is 2010. The van der Waals surface area contributed by atoms with Crippen LogP contribution in [0.2, 0.25) is 0 Å². The number of morpholine rings is 1. The molecule has 2 amide bonds. The topological polar surface area (TPSA) is 166 Å². The lowest BCUT2D eigenvalue weighted by molar-refractivity contribution is -0.156. The number of carbonyl (C=O) groups excluding carboxylic acids is 4. The summed E-state index contributed by atoms with van der Waals surface area (Å²) in [7, 11) is 4.19. The second-order valence-corrected chi connectivity index (χ2v) is 15.1. The number of fused-ring (bicyclic) bond motifs is 8. The van der Waals surface area contributed by atoms with Crippen LogP contribution in [0, 0.1) is 12.8 Å². The lowest BCUT2D eigenvalue weighted by atomic mass is 9.85. The van der Waals surface area contributed by atoms with Crippen LogP contribution < -0.4 is 5.73 Å². The second-order valence-electron chi connectivity index (χ2n) is 15.1. The molecule has 2 aromatic heterocycles. The predicted octanol–water partition coefficient (Wildman–Crippen LogP) is 4.14. The lowest BCUT2D eigenvalue weighted by Gasteiger charge is -2.38. The van der Waals surface area contributed by atoms with Gasteiger partial charge in [-0.2, -0.15) is 0 Å². The fourth-order valence-corrected chi connectivity index (χ4v) is 8.77. The maximum absolute atomic E-state index is 13.0. The number of amides is 2. The van der Waals surface area contributed by atoms with Gasteiger partial charge in [0.25, 0.3) is 0 Å². The number of Topliss-reactive ketones (excluding diaryl/α,β-unsaturated/α-hetero) is 1. The van der Waals surface area contributed by atoms with E-state index in [4.69, 9.17) is 15.2 Å². The number of ketones is 1. The molecule has 4 fully saturated rings. The molecular formula is C41H52BrClN6O7. The number of nitrogens with two attached hydrogens (primary N) is 1. The third kappa shape index (κ3) is 8.89. The predicted molar refractivity (Wildman–Crippen MR) is 218 cm³/mol. The number of aliphatic hydroxyl groups is 1. The maximum Gasteiger partial charge on any atom is 0.316 e. The number of para-hydroxylation sites is 1. The Hall–Kier alpha value is -4.08. The summed E-state index contributed by atoms with van der Waals surface area (Å²) in [5.74, 6) is -0.00976. The van der Waals surface area contributed by atoms with Crippen LogP contribution in [-0.4, -0.2) is 110 Å². The van der Waals surface area contributed by atoms with Crippen molar-refractivity contribution in [1.29, 1.82) is 0 Å². The molecule has 4 aromatic rings. The van der Waals surface area contributed by atoms with E-state index in [0.717, 1.165) is 66.5 Å². The number of rotatable bonds is 8. The van der Waals surface area contributed by atoms with Gasteiger partial charge in [-0.3, -0.25) is 24.1 Å². The minimum Gasteiger partial charge on any atom is -0.462 e. The first kappa shape index (κ1) is 43.1. The standard InChI is InChI=1S/C18H19N3O.C17H21NO4.C6H10N2O2.BrH.ClH/c1-12-19-9-10-21(12)11-13-7-8-16-17(18(13)22)14-5-3-4-6-15(14)20(16)2;1-18-13-7-11(8-14(18)16-15(13)22-16)21-17(20)12(9-19)10-5-3-2-4-6-10;7-5(9)4-8-3-1-2-6(8)10;;/h3-6,9-10,13H,7-8,11H2,1-2H3;2-6,11-16,19H,7-9H2,1H3;1-4H2,(H2,7,9);2*1H/t;11-,12-,13-,14+,15-,16+;;;/m.1.../s1. The van der Waals surface area contributed by atoms with Crippen molar-refractivity contribution in [2.24, 2.45) is 18.7 Å². The van der Waals surface area contributed by atoms with Crippen LogP contribution in [0.15, 0.2) is 67.0 Å². The van der Waals surface area contributed by atoms with Crippen molar-refractivity contribution in [2.75, 3.05) is 26.7 Å². The van der Waals surface area contributed by atoms with Gasteiger partial charge in [-0.1, -0.05) is 48.5 Å². The molecule has 15 heteroatoms. The molecule has 0 saturated carbocycles.